The Kier molecular flexibility index (Phi) is 7.14. The molecule has 1 aliphatic rings. The van der Waals surface area contributed by atoms with Crippen LogP contribution in [0.3, 0.4) is 0 Å². The van der Waals surface area contributed by atoms with Crippen molar-refractivity contribution in [1.82, 2.24) is 24.7 Å². The number of likely N-dealkylation sites (N-methyl/N-ethyl adjacent to an activating group) is 1. The molecule has 3 aromatic rings. The van der Waals surface area contributed by atoms with Gasteiger partial charge in [0.1, 0.15) is 11.5 Å². The molecular weight excluding hydrogens is 430 g/mol. The predicted octanol–water partition coefficient (Wildman–Crippen LogP) is 3.19. The smallest absolute Gasteiger partial charge is 0.274 e. The third-order valence-electron chi connectivity index (χ3n) is 6.98. The maximum Gasteiger partial charge on any atom is 0.274 e. The Bertz CT molecular complexity index is 1110. The lowest BCUT2D eigenvalue weighted by atomic mass is 9.84. The molecule has 2 aromatic heterocycles. The van der Waals surface area contributed by atoms with E-state index in [4.69, 9.17) is 4.52 Å². The molecule has 0 N–H and O–H groups in total. The molecule has 1 fully saturated rings. The lowest BCUT2D eigenvalue weighted by Gasteiger charge is -2.40. The Morgan fingerprint density at radius 3 is 2.44 bits per heavy atom. The largest absolute Gasteiger partial charge is 0.361 e. The number of amides is 2. The van der Waals surface area contributed by atoms with Gasteiger partial charge in [-0.2, -0.15) is 5.10 Å². The molecule has 34 heavy (non-hydrogen) atoms. The van der Waals surface area contributed by atoms with E-state index >= 15 is 0 Å². The maximum atomic E-state index is 13.2. The van der Waals surface area contributed by atoms with Crippen LogP contribution in [0.4, 0.5) is 0 Å². The molecule has 180 valence electrons. The highest BCUT2D eigenvalue weighted by Gasteiger charge is 2.34. The van der Waals surface area contributed by atoms with Gasteiger partial charge in [-0.15, -0.1) is 0 Å². The summed E-state index contributed by atoms with van der Waals surface area (Å²) in [5, 5.41) is 8.27. The molecule has 8 nitrogen and oxygen atoms in total. The van der Waals surface area contributed by atoms with Crippen LogP contribution in [0.1, 0.15) is 45.9 Å². The molecule has 0 saturated carbocycles. The van der Waals surface area contributed by atoms with Gasteiger partial charge < -0.3 is 14.3 Å². The number of benzene rings is 1. The highest BCUT2D eigenvalue weighted by atomic mass is 16.5. The Morgan fingerprint density at radius 2 is 1.85 bits per heavy atom. The van der Waals surface area contributed by atoms with Crippen molar-refractivity contribution in [3.8, 4) is 0 Å². The van der Waals surface area contributed by atoms with Crippen molar-refractivity contribution in [3.05, 3.63) is 70.9 Å². The number of carbonyl (C=O) groups excluding carboxylic acids is 2. The summed E-state index contributed by atoms with van der Waals surface area (Å²) >= 11 is 0. The number of hydrogen-bond acceptors (Lipinski definition) is 5. The summed E-state index contributed by atoms with van der Waals surface area (Å²) in [5.41, 5.74) is 3.31. The van der Waals surface area contributed by atoms with Crippen molar-refractivity contribution < 1.29 is 14.1 Å². The summed E-state index contributed by atoms with van der Waals surface area (Å²) in [6.07, 6.45) is 4.58. The maximum absolute atomic E-state index is 13.2. The van der Waals surface area contributed by atoms with Gasteiger partial charge in [0, 0.05) is 45.0 Å². The molecule has 0 bridgehead atoms. The summed E-state index contributed by atoms with van der Waals surface area (Å²) < 4.78 is 6.86. The van der Waals surface area contributed by atoms with Gasteiger partial charge in [-0.3, -0.25) is 14.3 Å². The number of rotatable bonds is 7. The Morgan fingerprint density at radius 1 is 1.15 bits per heavy atom. The van der Waals surface area contributed by atoms with E-state index in [-0.39, 0.29) is 17.9 Å². The highest BCUT2D eigenvalue weighted by Crippen LogP contribution is 2.28. The monoisotopic (exact) mass is 463 g/mol. The van der Waals surface area contributed by atoms with E-state index < -0.39 is 0 Å². The molecular formula is C26H33N5O3. The molecule has 8 heteroatoms. The normalized spacial score (nSPS) is 15.4. The van der Waals surface area contributed by atoms with Gasteiger partial charge in [-0.05, 0) is 50.7 Å². The molecule has 4 rings (SSSR count). The van der Waals surface area contributed by atoms with E-state index in [0.29, 0.717) is 36.9 Å². The first kappa shape index (κ1) is 23.7. The molecule has 0 spiro atoms. The van der Waals surface area contributed by atoms with Crippen LogP contribution in [-0.4, -0.2) is 62.7 Å². The zero-order valence-electron chi connectivity index (χ0n) is 20.4. The van der Waals surface area contributed by atoms with Gasteiger partial charge in [0.05, 0.1) is 12.1 Å². The lowest BCUT2D eigenvalue weighted by molar-refractivity contribution is -0.132. The van der Waals surface area contributed by atoms with Crippen LogP contribution < -0.4 is 0 Å². The predicted molar refractivity (Wildman–Crippen MR) is 128 cm³/mol. The summed E-state index contributed by atoms with van der Waals surface area (Å²) in [5.74, 6) is 1.03. The van der Waals surface area contributed by atoms with Crippen molar-refractivity contribution in [1.29, 1.82) is 0 Å². The fraction of sp³-hybridized carbons (Fsp3) is 0.462. The minimum atomic E-state index is -0.0709. The topological polar surface area (TPSA) is 84.5 Å². The second-order valence-corrected chi connectivity index (χ2v) is 9.25. The molecule has 0 aliphatic carbocycles. The molecule has 1 aromatic carbocycles. The van der Waals surface area contributed by atoms with E-state index in [1.165, 1.54) is 5.56 Å². The van der Waals surface area contributed by atoms with Gasteiger partial charge in [0.15, 0.2) is 0 Å². The average molecular weight is 464 g/mol. The van der Waals surface area contributed by atoms with Crippen molar-refractivity contribution in [2.24, 2.45) is 13.0 Å². The van der Waals surface area contributed by atoms with E-state index in [1.54, 1.807) is 16.9 Å². The van der Waals surface area contributed by atoms with E-state index in [0.717, 1.165) is 30.5 Å². The van der Waals surface area contributed by atoms with E-state index in [2.05, 4.69) is 22.4 Å². The molecule has 1 atom stereocenters. The fourth-order valence-electron chi connectivity index (χ4n) is 4.89. The number of aromatic nitrogens is 3. The second kappa shape index (κ2) is 10.2. The van der Waals surface area contributed by atoms with Crippen LogP contribution in [0.5, 0.6) is 0 Å². The Hall–Kier alpha value is -3.42. The first-order valence-corrected chi connectivity index (χ1v) is 11.8. The molecule has 2 amide bonds. The first-order chi connectivity index (χ1) is 16.3. The average Bonchev–Trinajstić information content (AvgIpc) is 3.42. The number of hydrogen-bond donors (Lipinski definition) is 0. The third kappa shape index (κ3) is 5.21. The fourth-order valence-corrected chi connectivity index (χ4v) is 4.89. The van der Waals surface area contributed by atoms with E-state index in [9.17, 15) is 9.59 Å². The number of nitrogens with zero attached hydrogens (tertiary/aromatic N) is 5. The van der Waals surface area contributed by atoms with Crippen LogP contribution in [0.25, 0.3) is 0 Å². The lowest BCUT2D eigenvalue weighted by Crippen LogP contribution is -2.48. The minimum Gasteiger partial charge on any atom is -0.361 e. The van der Waals surface area contributed by atoms with Crippen molar-refractivity contribution in [2.75, 3.05) is 20.1 Å². The van der Waals surface area contributed by atoms with Crippen molar-refractivity contribution >= 4 is 11.8 Å². The SMILES string of the molecule is Cc1noc(C)c1CC(=O)N1CCC([C@H](Cc2ccccc2)N(C)C(=O)c2ccn(C)n2)CC1. The Balaban J connectivity index is 1.45. The van der Waals surface area contributed by atoms with Gasteiger partial charge >= 0.3 is 0 Å². The van der Waals surface area contributed by atoms with Crippen LogP contribution in [0.15, 0.2) is 47.1 Å². The number of likely N-dealkylation sites (tertiary alicyclic amines) is 1. The number of piperidine rings is 1. The second-order valence-electron chi connectivity index (χ2n) is 9.25. The van der Waals surface area contributed by atoms with Crippen molar-refractivity contribution in [2.45, 2.75) is 45.6 Å². The number of carbonyl (C=O) groups is 2. The van der Waals surface area contributed by atoms with Crippen LogP contribution in [0, 0.1) is 19.8 Å². The molecule has 1 aliphatic heterocycles. The molecule has 1 saturated heterocycles. The Labute approximate surface area is 200 Å². The summed E-state index contributed by atoms with van der Waals surface area (Å²) in [6.45, 7) is 5.08. The molecule has 0 radical (unpaired) electrons. The standard InChI is InChI=1S/C26H33N5O3/c1-18-22(19(2)34-28-18)17-25(32)31-14-10-21(11-15-31)24(16-20-8-6-5-7-9-20)30(4)26(33)23-12-13-29(3)27-23/h5-9,12-13,21,24H,10-11,14-17H2,1-4H3/t24-/m0/s1. The quantitative estimate of drug-likeness (QED) is 0.537. The third-order valence-corrected chi connectivity index (χ3v) is 6.98. The van der Waals surface area contributed by atoms with Crippen LogP contribution >= 0.6 is 0 Å². The zero-order chi connectivity index (χ0) is 24.2. The highest BCUT2D eigenvalue weighted by molar-refractivity contribution is 5.92. The van der Waals surface area contributed by atoms with Gasteiger partial charge in [-0.1, -0.05) is 35.5 Å². The molecule has 3 heterocycles. The van der Waals surface area contributed by atoms with Crippen molar-refractivity contribution in [3.63, 3.8) is 0 Å². The van der Waals surface area contributed by atoms with Crippen LogP contribution in [-0.2, 0) is 24.7 Å². The van der Waals surface area contributed by atoms with Gasteiger partial charge in [-0.25, -0.2) is 0 Å². The first-order valence-electron chi connectivity index (χ1n) is 11.8. The summed E-state index contributed by atoms with van der Waals surface area (Å²) in [6, 6.07) is 12.1. The summed E-state index contributed by atoms with van der Waals surface area (Å²) in [4.78, 5) is 29.9. The number of aryl methyl sites for hydroxylation is 3. The summed E-state index contributed by atoms with van der Waals surface area (Å²) in [7, 11) is 3.69. The minimum absolute atomic E-state index is 0.0247. The van der Waals surface area contributed by atoms with Gasteiger partial charge in [0.2, 0.25) is 5.91 Å². The molecule has 0 unspecified atom stereocenters. The zero-order valence-corrected chi connectivity index (χ0v) is 20.4. The van der Waals surface area contributed by atoms with Gasteiger partial charge in [0.25, 0.3) is 5.91 Å². The van der Waals surface area contributed by atoms with Crippen LogP contribution in [0.2, 0.25) is 0 Å². The van der Waals surface area contributed by atoms with E-state index in [1.807, 2.05) is 55.9 Å².